The second kappa shape index (κ2) is 7.76. The first-order chi connectivity index (χ1) is 15.4. The normalized spacial score (nSPS) is 14.3. The van der Waals surface area contributed by atoms with Gasteiger partial charge in [-0.05, 0) is 31.2 Å². The minimum atomic E-state index is -1.46. The monoisotopic (exact) mass is 454 g/mol. The molecule has 1 aliphatic rings. The lowest BCUT2D eigenvalue weighted by molar-refractivity contribution is 0.0748. The van der Waals surface area contributed by atoms with Crippen LogP contribution in [0.15, 0.2) is 40.8 Å². The van der Waals surface area contributed by atoms with E-state index in [0.717, 1.165) is 17.0 Å². The number of nitrogens with zero attached hydrogens (tertiary/aromatic N) is 3. The molecule has 1 aliphatic heterocycles. The molecule has 1 fully saturated rings. The van der Waals surface area contributed by atoms with E-state index in [1.807, 2.05) is 30.0 Å². The zero-order valence-corrected chi connectivity index (χ0v) is 17.8. The number of nitrogens with one attached hydrogen (secondary N) is 1. The molecule has 0 saturated carbocycles. The van der Waals surface area contributed by atoms with E-state index in [0.29, 0.717) is 53.3 Å². The highest BCUT2D eigenvalue weighted by molar-refractivity contribution is 6.38. The highest BCUT2D eigenvalue weighted by atomic mass is 35.5. The largest absolute Gasteiger partial charge is 0.513 e. The number of aromatic nitrogens is 2. The summed E-state index contributed by atoms with van der Waals surface area (Å²) in [6.45, 7) is 4.13. The minimum absolute atomic E-state index is 0.0476. The molecule has 10 heteroatoms. The van der Waals surface area contributed by atoms with Crippen molar-refractivity contribution in [3.8, 4) is 5.95 Å². The fourth-order valence-electron chi connectivity index (χ4n) is 4.07. The number of halogens is 1. The number of rotatable bonds is 3. The Morgan fingerprint density at radius 1 is 1.19 bits per heavy atom. The summed E-state index contributed by atoms with van der Waals surface area (Å²) in [5, 5.41) is 9.79. The molecule has 1 saturated heterocycles. The van der Waals surface area contributed by atoms with E-state index < -0.39 is 6.16 Å². The molecule has 1 amide bonds. The first-order valence-corrected chi connectivity index (χ1v) is 10.4. The predicted molar refractivity (Wildman–Crippen MR) is 119 cm³/mol. The number of aromatic amines is 1. The number of carbonyl (C=O) groups is 2. The maximum absolute atomic E-state index is 13.2. The number of anilines is 1. The highest BCUT2D eigenvalue weighted by Gasteiger charge is 2.26. The van der Waals surface area contributed by atoms with E-state index in [2.05, 4.69) is 19.6 Å². The standard InChI is InChI=1S/C22H19ClN4O5/c1-12-24-15-4-2-3-13(20(15)25-12)21(28)27-9-7-26(8-10-27)16-5-6-17-14(19(16)23)11-18(31-17)32-22(29)30/h2-6,11H,7-10H2,1H3,(H,24,25)(H,29,30). The minimum Gasteiger partial charge on any atom is -0.449 e. The fraction of sp³-hybridized carbons (Fsp3) is 0.227. The lowest BCUT2D eigenvalue weighted by atomic mass is 10.1. The van der Waals surface area contributed by atoms with Crippen LogP contribution in [0.3, 0.4) is 0 Å². The Kier molecular flexibility index (Phi) is 4.90. The van der Waals surface area contributed by atoms with Gasteiger partial charge in [0, 0.05) is 37.6 Å². The molecule has 3 heterocycles. The molecule has 0 atom stereocenters. The zero-order chi connectivity index (χ0) is 22.4. The predicted octanol–water partition coefficient (Wildman–Crippen LogP) is 4.29. The number of amides is 1. The molecule has 164 valence electrons. The average Bonchev–Trinajstić information content (AvgIpc) is 3.35. The molecule has 4 aromatic rings. The fourth-order valence-corrected chi connectivity index (χ4v) is 4.40. The Morgan fingerprint density at radius 3 is 2.72 bits per heavy atom. The van der Waals surface area contributed by atoms with E-state index >= 15 is 0 Å². The van der Waals surface area contributed by atoms with Gasteiger partial charge in [-0.25, -0.2) is 9.78 Å². The molecule has 32 heavy (non-hydrogen) atoms. The quantitative estimate of drug-likeness (QED) is 0.444. The van der Waals surface area contributed by atoms with Crippen LogP contribution in [0.25, 0.3) is 22.0 Å². The van der Waals surface area contributed by atoms with Gasteiger partial charge in [0.25, 0.3) is 11.9 Å². The molecular formula is C22H19ClN4O5. The van der Waals surface area contributed by atoms with Gasteiger partial charge in [-0.1, -0.05) is 17.7 Å². The average molecular weight is 455 g/mol. The summed E-state index contributed by atoms with van der Waals surface area (Å²) in [4.78, 5) is 35.4. The number of benzene rings is 2. The number of carbonyl (C=O) groups excluding carboxylic acids is 1. The Labute approximate surface area is 187 Å². The first kappa shape index (κ1) is 20.2. The molecule has 2 aromatic carbocycles. The molecule has 0 aliphatic carbocycles. The number of H-pyrrole nitrogens is 1. The number of hydrogen-bond donors (Lipinski definition) is 2. The van der Waals surface area contributed by atoms with Gasteiger partial charge in [0.15, 0.2) is 0 Å². The van der Waals surface area contributed by atoms with Crippen molar-refractivity contribution in [2.45, 2.75) is 6.92 Å². The molecule has 0 spiro atoms. The van der Waals surface area contributed by atoms with E-state index in [-0.39, 0.29) is 11.9 Å². The molecule has 0 radical (unpaired) electrons. The Balaban J connectivity index is 1.34. The number of piperazine rings is 1. The van der Waals surface area contributed by atoms with E-state index in [1.165, 1.54) is 6.07 Å². The summed E-state index contributed by atoms with van der Waals surface area (Å²) in [6.07, 6.45) is -1.46. The Hall–Kier alpha value is -3.72. The number of hydrogen-bond acceptors (Lipinski definition) is 6. The molecule has 9 nitrogen and oxygen atoms in total. The van der Waals surface area contributed by atoms with Crippen molar-refractivity contribution >= 4 is 51.4 Å². The summed E-state index contributed by atoms with van der Waals surface area (Å²) in [7, 11) is 0. The van der Waals surface area contributed by atoms with Crippen LogP contribution in [0, 0.1) is 6.92 Å². The summed E-state index contributed by atoms with van der Waals surface area (Å²) < 4.78 is 9.95. The van der Waals surface area contributed by atoms with Crippen LogP contribution in [0.4, 0.5) is 10.5 Å². The first-order valence-electron chi connectivity index (χ1n) is 10.0. The number of para-hydroxylation sites is 1. The molecule has 2 aromatic heterocycles. The molecular weight excluding hydrogens is 436 g/mol. The van der Waals surface area contributed by atoms with Crippen LogP contribution >= 0.6 is 11.6 Å². The van der Waals surface area contributed by atoms with Gasteiger partial charge in [-0.3, -0.25) is 4.79 Å². The van der Waals surface area contributed by atoms with Crippen molar-refractivity contribution in [2.75, 3.05) is 31.1 Å². The smallest absolute Gasteiger partial charge is 0.449 e. The molecule has 2 N–H and O–H groups in total. The lowest BCUT2D eigenvalue weighted by Gasteiger charge is -2.36. The van der Waals surface area contributed by atoms with Crippen molar-refractivity contribution in [3.05, 3.63) is 52.8 Å². The number of aryl methyl sites for hydroxylation is 1. The van der Waals surface area contributed by atoms with Crippen molar-refractivity contribution < 1.29 is 23.8 Å². The Bertz CT molecular complexity index is 1350. The number of carboxylic acid groups (broad SMARTS) is 1. The summed E-state index contributed by atoms with van der Waals surface area (Å²) in [5.74, 6) is 0.588. The number of fused-ring (bicyclic) bond motifs is 2. The second-order valence-electron chi connectivity index (χ2n) is 7.55. The van der Waals surface area contributed by atoms with Crippen LogP contribution < -0.4 is 9.64 Å². The third kappa shape index (κ3) is 3.50. The number of imidazole rings is 1. The van der Waals surface area contributed by atoms with Gasteiger partial charge < -0.3 is 29.0 Å². The summed E-state index contributed by atoms with van der Waals surface area (Å²) in [6, 6.07) is 10.6. The summed E-state index contributed by atoms with van der Waals surface area (Å²) in [5.41, 5.74) is 3.35. The van der Waals surface area contributed by atoms with Crippen LogP contribution in [0.2, 0.25) is 5.02 Å². The zero-order valence-electron chi connectivity index (χ0n) is 17.1. The number of furan rings is 1. The molecule has 0 unspecified atom stereocenters. The SMILES string of the molecule is Cc1nc2c(C(=O)N3CCN(c4ccc5oc(OC(=O)O)cc5c4Cl)CC3)cccc2[nH]1. The van der Waals surface area contributed by atoms with E-state index in [4.69, 9.17) is 21.1 Å². The Morgan fingerprint density at radius 2 is 1.97 bits per heavy atom. The number of ether oxygens (including phenoxy) is 1. The van der Waals surface area contributed by atoms with Gasteiger partial charge >= 0.3 is 6.16 Å². The van der Waals surface area contributed by atoms with E-state index in [1.54, 1.807) is 12.1 Å². The van der Waals surface area contributed by atoms with Gasteiger partial charge in [-0.2, -0.15) is 0 Å². The van der Waals surface area contributed by atoms with Crippen molar-refractivity contribution in [2.24, 2.45) is 0 Å². The van der Waals surface area contributed by atoms with Crippen LogP contribution in [-0.2, 0) is 0 Å². The van der Waals surface area contributed by atoms with Crippen LogP contribution in [0.5, 0.6) is 5.95 Å². The molecule has 0 bridgehead atoms. The lowest BCUT2D eigenvalue weighted by Crippen LogP contribution is -2.49. The van der Waals surface area contributed by atoms with Crippen LogP contribution in [-0.4, -0.2) is 58.2 Å². The maximum atomic E-state index is 13.2. The van der Waals surface area contributed by atoms with Gasteiger partial charge in [0.2, 0.25) is 0 Å². The molecule has 5 rings (SSSR count). The topological polar surface area (TPSA) is 112 Å². The third-order valence-electron chi connectivity index (χ3n) is 5.55. The van der Waals surface area contributed by atoms with Gasteiger partial charge in [0.1, 0.15) is 16.9 Å². The van der Waals surface area contributed by atoms with Crippen LogP contribution in [0.1, 0.15) is 16.2 Å². The second-order valence-corrected chi connectivity index (χ2v) is 7.93. The van der Waals surface area contributed by atoms with E-state index in [9.17, 15) is 9.59 Å². The van der Waals surface area contributed by atoms with Gasteiger partial charge in [-0.15, -0.1) is 0 Å². The van der Waals surface area contributed by atoms with Crippen molar-refractivity contribution in [1.82, 2.24) is 14.9 Å². The van der Waals surface area contributed by atoms with Crippen molar-refractivity contribution in [3.63, 3.8) is 0 Å². The maximum Gasteiger partial charge on any atom is 0.513 e. The van der Waals surface area contributed by atoms with Gasteiger partial charge in [0.05, 0.1) is 21.8 Å². The van der Waals surface area contributed by atoms with Crippen molar-refractivity contribution in [1.29, 1.82) is 0 Å². The highest BCUT2D eigenvalue weighted by Crippen LogP contribution is 2.37. The third-order valence-corrected chi connectivity index (χ3v) is 5.95. The summed E-state index contributed by atoms with van der Waals surface area (Å²) >= 11 is 6.59.